The van der Waals surface area contributed by atoms with Gasteiger partial charge in [-0.1, -0.05) is 0 Å². The molecule has 0 unspecified atom stereocenters. The van der Waals surface area contributed by atoms with Gasteiger partial charge < -0.3 is 15.4 Å². The third kappa shape index (κ3) is 3.96. The van der Waals surface area contributed by atoms with E-state index in [4.69, 9.17) is 17.0 Å². The van der Waals surface area contributed by atoms with Gasteiger partial charge in [-0.3, -0.25) is 4.68 Å². The van der Waals surface area contributed by atoms with Gasteiger partial charge in [-0.2, -0.15) is 5.10 Å². The Morgan fingerprint density at radius 3 is 2.58 bits per heavy atom. The molecule has 2 rings (SSSR count). The smallest absolute Gasteiger partial charge is 0.176 e. The molecule has 2 N–H and O–H groups in total. The predicted molar refractivity (Wildman–Crippen MR) is 80.7 cm³/mol. The van der Waals surface area contributed by atoms with Gasteiger partial charge in [0.15, 0.2) is 10.9 Å². The lowest BCUT2D eigenvalue weighted by atomic mass is 10.3. The first kappa shape index (κ1) is 13.4. The van der Waals surface area contributed by atoms with E-state index >= 15 is 0 Å². The summed E-state index contributed by atoms with van der Waals surface area (Å²) in [5, 5.41) is 10.8. The van der Waals surface area contributed by atoms with Crippen molar-refractivity contribution >= 4 is 28.8 Å². The monoisotopic (exact) mass is 276 g/mol. The fraction of sp³-hybridized carbons (Fsp3) is 0.231. The third-order valence-electron chi connectivity index (χ3n) is 2.38. The molecule has 0 bridgehead atoms. The summed E-state index contributed by atoms with van der Waals surface area (Å²) in [7, 11) is 1.86. The highest BCUT2D eigenvalue weighted by Crippen LogP contribution is 2.15. The number of rotatable bonds is 4. The normalized spacial score (nSPS) is 10.0. The fourth-order valence-electron chi connectivity index (χ4n) is 1.56. The van der Waals surface area contributed by atoms with Crippen LogP contribution >= 0.6 is 12.2 Å². The highest BCUT2D eigenvalue weighted by molar-refractivity contribution is 7.80. The molecule has 6 heteroatoms. The second kappa shape index (κ2) is 6.19. The highest BCUT2D eigenvalue weighted by Gasteiger charge is 2.01. The molecule has 0 radical (unpaired) electrons. The van der Waals surface area contributed by atoms with Crippen LogP contribution in [0.5, 0.6) is 5.75 Å². The molecule has 5 nitrogen and oxygen atoms in total. The van der Waals surface area contributed by atoms with E-state index in [1.165, 1.54) is 0 Å². The molecular weight excluding hydrogens is 260 g/mol. The van der Waals surface area contributed by atoms with Crippen molar-refractivity contribution in [3.05, 3.63) is 36.5 Å². The molecule has 0 fully saturated rings. The zero-order valence-corrected chi connectivity index (χ0v) is 11.7. The number of thiocarbonyl (C=S) groups is 1. The summed E-state index contributed by atoms with van der Waals surface area (Å²) >= 11 is 5.21. The molecular formula is C13H16N4OS. The zero-order valence-electron chi connectivity index (χ0n) is 10.9. The van der Waals surface area contributed by atoms with Gasteiger partial charge in [-0.15, -0.1) is 0 Å². The van der Waals surface area contributed by atoms with Crippen LogP contribution in [-0.2, 0) is 7.05 Å². The first-order valence-corrected chi connectivity index (χ1v) is 6.38. The zero-order chi connectivity index (χ0) is 13.7. The minimum Gasteiger partial charge on any atom is -0.494 e. The number of aromatic nitrogens is 2. The maximum Gasteiger partial charge on any atom is 0.176 e. The van der Waals surface area contributed by atoms with E-state index in [2.05, 4.69) is 15.7 Å². The minimum atomic E-state index is 0.503. The summed E-state index contributed by atoms with van der Waals surface area (Å²) < 4.78 is 7.09. The van der Waals surface area contributed by atoms with Crippen molar-refractivity contribution < 1.29 is 4.74 Å². The van der Waals surface area contributed by atoms with Crippen LogP contribution in [0.2, 0.25) is 0 Å². The summed E-state index contributed by atoms with van der Waals surface area (Å²) in [4.78, 5) is 0. The Balaban J connectivity index is 1.91. The lowest BCUT2D eigenvalue weighted by molar-refractivity contribution is 0.340. The first-order valence-electron chi connectivity index (χ1n) is 5.98. The lowest BCUT2D eigenvalue weighted by Gasteiger charge is -2.09. The van der Waals surface area contributed by atoms with Gasteiger partial charge in [0.05, 0.1) is 6.61 Å². The summed E-state index contributed by atoms with van der Waals surface area (Å²) in [6.45, 7) is 2.62. The molecule has 19 heavy (non-hydrogen) atoms. The lowest BCUT2D eigenvalue weighted by Crippen LogP contribution is -2.19. The number of aryl methyl sites for hydroxylation is 1. The van der Waals surface area contributed by atoms with Crippen molar-refractivity contribution in [2.45, 2.75) is 6.92 Å². The quantitative estimate of drug-likeness (QED) is 0.841. The Bertz CT molecular complexity index is 550. The second-order valence-corrected chi connectivity index (χ2v) is 4.32. The van der Waals surface area contributed by atoms with Crippen molar-refractivity contribution in [3.63, 3.8) is 0 Å². The number of anilines is 2. The van der Waals surface area contributed by atoms with Crippen LogP contribution in [0.4, 0.5) is 11.5 Å². The Kier molecular flexibility index (Phi) is 4.35. The largest absolute Gasteiger partial charge is 0.494 e. The third-order valence-corrected chi connectivity index (χ3v) is 2.58. The van der Waals surface area contributed by atoms with Crippen molar-refractivity contribution in [1.29, 1.82) is 0 Å². The maximum atomic E-state index is 5.38. The molecule has 0 aliphatic rings. The fourth-order valence-corrected chi connectivity index (χ4v) is 1.78. The molecule has 0 saturated heterocycles. The molecule has 0 saturated carbocycles. The summed E-state index contributed by atoms with van der Waals surface area (Å²) in [6.07, 6.45) is 1.85. The van der Waals surface area contributed by atoms with E-state index in [0.717, 1.165) is 11.4 Å². The van der Waals surface area contributed by atoms with Crippen molar-refractivity contribution in [1.82, 2.24) is 9.78 Å². The van der Waals surface area contributed by atoms with E-state index in [1.54, 1.807) is 4.68 Å². The predicted octanol–water partition coefficient (Wildman–Crippen LogP) is 2.63. The summed E-state index contributed by atoms with van der Waals surface area (Å²) in [5.74, 6) is 1.56. The highest BCUT2D eigenvalue weighted by atomic mass is 32.1. The van der Waals surface area contributed by atoms with Gasteiger partial charge in [-0.05, 0) is 43.4 Å². The summed E-state index contributed by atoms with van der Waals surface area (Å²) in [5.41, 5.74) is 0.900. The molecule has 0 amide bonds. The van der Waals surface area contributed by atoms with Crippen molar-refractivity contribution in [2.75, 3.05) is 17.2 Å². The minimum absolute atomic E-state index is 0.503. The number of benzene rings is 1. The first-order chi connectivity index (χ1) is 9.17. The van der Waals surface area contributed by atoms with Gasteiger partial charge in [0, 0.05) is 25.0 Å². The number of hydrogen-bond acceptors (Lipinski definition) is 3. The summed E-state index contributed by atoms with van der Waals surface area (Å²) in [6, 6.07) is 9.48. The Morgan fingerprint density at radius 2 is 2.00 bits per heavy atom. The number of nitrogens with zero attached hydrogens (tertiary/aromatic N) is 2. The van der Waals surface area contributed by atoms with E-state index in [1.807, 2.05) is 50.5 Å². The van der Waals surface area contributed by atoms with Crippen LogP contribution in [-0.4, -0.2) is 21.5 Å². The molecule has 100 valence electrons. The second-order valence-electron chi connectivity index (χ2n) is 3.91. The van der Waals surface area contributed by atoms with E-state index in [0.29, 0.717) is 17.5 Å². The molecule has 0 aliphatic heterocycles. The average Bonchev–Trinajstić information content (AvgIpc) is 2.77. The molecule has 2 aromatic rings. The van der Waals surface area contributed by atoms with Crippen LogP contribution < -0.4 is 15.4 Å². The number of ether oxygens (including phenoxy) is 1. The van der Waals surface area contributed by atoms with E-state index in [-0.39, 0.29) is 0 Å². The van der Waals surface area contributed by atoms with Gasteiger partial charge in [0.25, 0.3) is 0 Å². The van der Waals surface area contributed by atoms with Crippen LogP contribution in [0.1, 0.15) is 6.92 Å². The number of hydrogen-bond donors (Lipinski definition) is 2. The van der Waals surface area contributed by atoms with E-state index in [9.17, 15) is 0 Å². The van der Waals surface area contributed by atoms with Crippen molar-refractivity contribution in [2.24, 2.45) is 7.05 Å². The SMILES string of the molecule is CCOc1ccc(NC(=S)Nc2ccn(C)n2)cc1. The topological polar surface area (TPSA) is 51.1 Å². The maximum absolute atomic E-state index is 5.38. The van der Waals surface area contributed by atoms with Crippen LogP contribution in [0.3, 0.4) is 0 Å². The molecule has 0 atom stereocenters. The molecule has 1 aromatic heterocycles. The average molecular weight is 276 g/mol. The van der Waals surface area contributed by atoms with Gasteiger partial charge in [-0.25, -0.2) is 0 Å². The Hall–Kier alpha value is -2.08. The van der Waals surface area contributed by atoms with Gasteiger partial charge in [0.2, 0.25) is 0 Å². The van der Waals surface area contributed by atoms with Crippen molar-refractivity contribution in [3.8, 4) is 5.75 Å². The van der Waals surface area contributed by atoms with Gasteiger partial charge in [0.1, 0.15) is 5.75 Å². The van der Waals surface area contributed by atoms with Crippen LogP contribution in [0, 0.1) is 0 Å². The van der Waals surface area contributed by atoms with E-state index < -0.39 is 0 Å². The molecule has 1 heterocycles. The van der Waals surface area contributed by atoms with Crippen LogP contribution in [0.25, 0.3) is 0 Å². The standard InChI is InChI=1S/C13H16N4OS/c1-3-18-11-6-4-10(5-7-11)14-13(19)15-12-8-9-17(2)16-12/h4-9H,3H2,1-2H3,(H2,14,15,16,19). The number of nitrogens with one attached hydrogen (secondary N) is 2. The molecule has 0 aliphatic carbocycles. The Labute approximate surface area is 117 Å². The van der Waals surface area contributed by atoms with Crippen LogP contribution in [0.15, 0.2) is 36.5 Å². The Morgan fingerprint density at radius 1 is 1.26 bits per heavy atom. The van der Waals surface area contributed by atoms with Gasteiger partial charge >= 0.3 is 0 Å². The molecule has 0 spiro atoms. The molecule has 1 aromatic carbocycles.